The fourth-order valence-corrected chi connectivity index (χ4v) is 4.48. The number of amides is 1. The molecule has 1 aromatic carbocycles. The minimum atomic E-state index is -0.265. The maximum Gasteiger partial charge on any atom is 0.273 e. The van der Waals surface area contributed by atoms with E-state index in [2.05, 4.69) is 25.8 Å². The fraction of sp³-hybridized carbons (Fsp3) is 0.190. The smallest absolute Gasteiger partial charge is 0.273 e. The molecule has 0 bridgehead atoms. The van der Waals surface area contributed by atoms with Gasteiger partial charge in [-0.05, 0) is 12.5 Å². The van der Waals surface area contributed by atoms with Gasteiger partial charge in [-0.3, -0.25) is 4.79 Å². The molecule has 0 aliphatic heterocycles. The summed E-state index contributed by atoms with van der Waals surface area (Å²) in [7, 11) is 3.80. The SMILES string of the molecule is CNc1nc2nc(-c3ccc(CNC(=O)c4cc(C)on4)cc3)sc2c2c1ncn2C. The maximum absolute atomic E-state index is 12.1. The predicted octanol–water partition coefficient (Wildman–Crippen LogP) is 3.51. The van der Waals surface area contributed by atoms with Gasteiger partial charge < -0.3 is 19.7 Å². The average molecular weight is 433 g/mol. The molecule has 5 aromatic rings. The standard InChI is InChI=1S/C21H19N7O2S/c1-11-8-14(27-30-11)20(29)23-9-12-4-6-13(7-5-12)21-26-19-17(31-21)16-15(18(22-2)25-19)24-10-28(16)3/h4-8,10H,9H2,1-3H3,(H,22,25)(H,23,29). The molecule has 1 amide bonds. The molecular weight excluding hydrogens is 414 g/mol. The quantitative estimate of drug-likeness (QED) is 0.436. The van der Waals surface area contributed by atoms with Crippen LogP contribution in [0.25, 0.3) is 32.0 Å². The number of nitrogens with one attached hydrogen (secondary N) is 2. The van der Waals surface area contributed by atoms with Gasteiger partial charge in [0.25, 0.3) is 5.91 Å². The number of aromatic nitrogens is 5. The number of aryl methyl sites for hydroxylation is 2. The summed E-state index contributed by atoms with van der Waals surface area (Å²) in [5, 5.41) is 10.6. The molecule has 4 heterocycles. The number of carbonyl (C=O) groups is 1. The van der Waals surface area contributed by atoms with Crippen LogP contribution < -0.4 is 10.6 Å². The van der Waals surface area contributed by atoms with Gasteiger partial charge in [-0.2, -0.15) is 0 Å². The highest BCUT2D eigenvalue weighted by atomic mass is 32.1. The van der Waals surface area contributed by atoms with E-state index in [1.165, 1.54) is 0 Å². The molecule has 2 N–H and O–H groups in total. The molecule has 156 valence electrons. The summed E-state index contributed by atoms with van der Waals surface area (Å²) in [4.78, 5) is 26.0. The molecule has 10 heteroatoms. The number of rotatable bonds is 5. The van der Waals surface area contributed by atoms with E-state index >= 15 is 0 Å². The fourth-order valence-electron chi connectivity index (χ4n) is 3.38. The molecule has 0 unspecified atom stereocenters. The molecule has 0 saturated carbocycles. The predicted molar refractivity (Wildman–Crippen MR) is 119 cm³/mol. The number of benzene rings is 1. The Kier molecular flexibility index (Phi) is 4.63. The van der Waals surface area contributed by atoms with E-state index in [4.69, 9.17) is 9.51 Å². The van der Waals surface area contributed by atoms with Crippen molar-refractivity contribution >= 4 is 44.4 Å². The lowest BCUT2D eigenvalue weighted by Crippen LogP contribution is -2.22. The lowest BCUT2D eigenvalue weighted by molar-refractivity contribution is 0.0942. The summed E-state index contributed by atoms with van der Waals surface area (Å²) in [6.45, 7) is 2.15. The average Bonchev–Trinajstić information content (AvgIpc) is 3.50. The van der Waals surface area contributed by atoms with Crippen molar-refractivity contribution in [3.05, 3.63) is 53.7 Å². The van der Waals surface area contributed by atoms with Crippen molar-refractivity contribution in [3.8, 4) is 10.6 Å². The van der Waals surface area contributed by atoms with Gasteiger partial charge in [-0.25, -0.2) is 15.0 Å². The first-order valence-electron chi connectivity index (χ1n) is 9.63. The highest BCUT2D eigenvalue weighted by Gasteiger charge is 2.17. The lowest BCUT2D eigenvalue weighted by atomic mass is 10.1. The number of nitrogens with zero attached hydrogens (tertiary/aromatic N) is 5. The summed E-state index contributed by atoms with van der Waals surface area (Å²) >= 11 is 1.59. The van der Waals surface area contributed by atoms with E-state index in [1.54, 1.807) is 30.7 Å². The normalized spacial score (nSPS) is 11.3. The molecule has 0 fully saturated rings. The van der Waals surface area contributed by atoms with Crippen molar-refractivity contribution in [2.45, 2.75) is 13.5 Å². The van der Waals surface area contributed by atoms with Gasteiger partial charge in [-0.1, -0.05) is 29.4 Å². The van der Waals surface area contributed by atoms with Crippen LogP contribution in [0.4, 0.5) is 5.82 Å². The van der Waals surface area contributed by atoms with Gasteiger partial charge in [0.1, 0.15) is 21.0 Å². The molecule has 0 radical (unpaired) electrons. The zero-order valence-electron chi connectivity index (χ0n) is 17.1. The third-order valence-corrected chi connectivity index (χ3v) is 6.06. The van der Waals surface area contributed by atoms with Crippen molar-refractivity contribution in [2.75, 3.05) is 12.4 Å². The minimum Gasteiger partial charge on any atom is -0.371 e. The summed E-state index contributed by atoms with van der Waals surface area (Å²) in [6.07, 6.45) is 1.79. The Morgan fingerprint density at radius 2 is 2.03 bits per heavy atom. The van der Waals surface area contributed by atoms with E-state index < -0.39 is 0 Å². The van der Waals surface area contributed by atoms with E-state index in [0.29, 0.717) is 23.8 Å². The first-order chi connectivity index (χ1) is 15.0. The minimum absolute atomic E-state index is 0.265. The molecule has 4 aromatic heterocycles. The highest BCUT2D eigenvalue weighted by Crippen LogP contribution is 2.35. The molecule has 0 saturated heterocycles. The van der Waals surface area contributed by atoms with Crippen molar-refractivity contribution < 1.29 is 9.32 Å². The van der Waals surface area contributed by atoms with E-state index in [-0.39, 0.29) is 11.6 Å². The summed E-state index contributed by atoms with van der Waals surface area (Å²) in [6, 6.07) is 9.56. The second-order valence-electron chi connectivity index (χ2n) is 7.14. The zero-order valence-corrected chi connectivity index (χ0v) is 17.9. The van der Waals surface area contributed by atoms with Crippen molar-refractivity contribution in [3.63, 3.8) is 0 Å². The Morgan fingerprint density at radius 3 is 2.74 bits per heavy atom. The van der Waals surface area contributed by atoms with Crippen molar-refractivity contribution in [2.24, 2.45) is 7.05 Å². The van der Waals surface area contributed by atoms with E-state index in [9.17, 15) is 4.79 Å². The number of hydrogen-bond donors (Lipinski definition) is 2. The molecule has 0 aliphatic rings. The van der Waals surface area contributed by atoms with Crippen LogP contribution in [0.15, 0.2) is 41.2 Å². The van der Waals surface area contributed by atoms with Crippen LogP contribution in [-0.4, -0.2) is 37.6 Å². The topological polar surface area (TPSA) is 111 Å². The van der Waals surface area contributed by atoms with E-state index in [0.717, 1.165) is 31.9 Å². The van der Waals surface area contributed by atoms with Crippen molar-refractivity contribution in [1.29, 1.82) is 0 Å². The number of imidazole rings is 1. The molecule has 0 spiro atoms. The van der Waals surface area contributed by atoms with E-state index in [1.807, 2.05) is 42.9 Å². The second kappa shape index (κ2) is 7.47. The Labute approximate surface area is 181 Å². The van der Waals surface area contributed by atoms with Gasteiger partial charge in [0.05, 0.1) is 11.8 Å². The maximum atomic E-state index is 12.1. The number of fused-ring (bicyclic) bond motifs is 3. The first-order valence-corrected chi connectivity index (χ1v) is 10.5. The van der Waals surface area contributed by atoms with Gasteiger partial charge in [-0.15, -0.1) is 11.3 Å². The number of anilines is 1. The van der Waals surface area contributed by atoms with Crippen LogP contribution in [0, 0.1) is 6.92 Å². The van der Waals surface area contributed by atoms with Crippen LogP contribution in [0.5, 0.6) is 0 Å². The molecule has 5 rings (SSSR count). The van der Waals surface area contributed by atoms with Gasteiger partial charge in [0, 0.05) is 32.3 Å². The molecule has 0 atom stereocenters. The Hall–Kier alpha value is -3.79. The Balaban J connectivity index is 1.40. The van der Waals surface area contributed by atoms with Crippen molar-refractivity contribution in [1.82, 2.24) is 30.0 Å². The Bertz CT molecular complexity index is 1420. The number of thiazole rings is 1. The summed E-state index contributed by atoms with van der Waals surface area (Å²) in [5.41, 5.74) is 4.79. The highest BCUT2D eigenvalue weighted by molar-refractivity contribution is 7.22. The number of carbonyl (C=O) groups excluding carboxylic acids is 1. The molecular formula is C21H19N7O2S. The van der Waals surface area contributed by atoms with Crippen LogP contribution in [0.3, 0.4) is 0 Å². The van der Waals surface area contributed by atoms with Gasteiger partial charge >= 0.3 is 0 Å². The number of hydrogen-bond acceptors (Lipinski definition) is 8. The summed E-state index contributed by atoms with van der Waals surface area (Å²) in [5.74, 6) is 1.05. The third kappa shape index (κ3) is 3.40. The summed E-state index contributed by atoms with van der Waals surface area (Å²) < 4.78 is 7.93. The van der Waals surface area contributed by atoms with Crippen LogP contribution >= 0.6 is 11.3 Å². The molecule has 0 aliphatic carbocycles. The lowest BCUT2D eigenvalue weighted by Gasteiger charge is -2.04. The zero-order chi connectivity index (χ0) is 21.5. The van der Waals surface area contributed by atoms with Gasteiger partial charge in [0.15, 0.2) is 17.2 Å². The van der Waals surface area contributed by atoms with Crippen LogP contribution in [0.2, 0.25) is 0 Å². The number of pyridine rings is 1. The largest absolute Gasteiger partial charge is 0.371 e. The van der Waals surface area contributed by atoms with Crippen LogP contribution in [-0.2, 0) is 13.6 Å². The Morgan fingerprint density at radius 1 is 1.23 bits per heavy atom. The first kappa shape index (κ1) is 19.2. The molecule has 31 heavy (non-hydrogen) atoms. The van der Waals surface area contributed by atoms with Crippen LogP contribution in [0.1, 0.15) is 21.8 Å². The third-order valence-electron chi connectivity index (χ3n) is 4.95. The monoisotopic (exact) mass is 433 g/mol. The van der Waals surface area contributed by atoms with Gasteiger partial charge in [0.2, 0.25) is 0 Å². The molecule has 9 nitrogen and oxygen atoms in total. The second-order valence-corrected chi connectivity index (χ2v) is 8.14.